The monoisotopic (exact) mass is 385 g/mol. The third-order valence-corrected chi connectivity index (χ3v) is 4.93. The van der Waals surface area contributed by atoms with E-state index in [0.717, 1.165) is 5.69 Å². The Morgan fingerprint density at radius 1 is 1.08 bits per heavy atom. The molecule has 0 bridgehead atoms. The number of thiazole rings is 1. The summed E-state index contributed by atoms with van der Waals surface area (Å²) in [6.07, 6.45) is 0. The molecular weight excluding hydrogens is 370 g/mol. The molecule has 0 spiro atoms. The predicted molar refractivity (Wildman–Crippen MR) is 103 cm³/mol. The van der Waals surface area contributed by atoms with Gasteiger partial charge in [0.25, 0.3) is 5.91 Å². The van der Waals surface area contributed by atoms with Crippen molar-refractivity contribution in [1.82, 2.24) is 15.2 Å². The van der Waals surface area contributed by atoms with Crippen LogP contribution in [0.4, 0.5) is 10.9 Å². The van der Waals surface area contributed by atoms with Crippen LogP contribution in [0.15, 0.2) is 52.9 Å². The average Bonchev–Trinajstić information content (AvgIpc) is 3.06. The van der Waals surface area contributed by atoms with Gasteiger partial charge in [-0.25, -0.2) is 4.98 Å². The van der Waals surface area contributed by atoms with E-state index in [1.807, 2.05) is 18.4 Å². The normalized spacial score (nSPS) is 10.3. The summed E-state index contributed by atoms with van der Waals surface area (Å²) in [5.41, 5.74) is 1.42. The van der Waals surface area contributed by atoms with Crippen LogP contribution in [0.5, 0.6) is 0 Å². The number of hydrogen-bond donors (Lipinski definition) is 2. The molecule has 0 fully saturated rings. The molecule has 2 heterocycles. The van der Waals surface area contributed by atoms with Crippen LogP contribution in [0, 0.1) is 6.92 Å². The van der Waals surface area contributed by atoms with E-state index in [0.29, 0.717) is 21.5 Å². The Bertz CT molecular complexity index is 897. The number of carbonyl (C=O) groups excluding carboxylic acids is 2. The number of thioether (sulfide) groups is 1. The van der Waals surface area contributed by atoms with Crippen LogP contribution in [-0.4, -0.2) is 32.7 Å². The quantitative estimate of drug-likeness (QED) is 0.633. The molecule has 26 heavy (non-hydrogen) atoms. The maximum atomic E-state index is 12.0. The number of nitrogens with zero attached hydrogens (tertiary/aromatic N) is 3. The second-order valence-electron chi connectivity index (χ2n) is 5.21. The van der Waals surface area contributed by atoms with Gasteiger partial charge >= 0.3 is 0 Å². The molecule has 0 atom stereocenters. The van der Waals surface area contributed by atoms with Gasteiger partial charge in [0.05, 0.1) is 11.4 Å². The van der Waals surface area contributed by atoms with Crippen molar-refractivity contribution in [3.63, 3.8) is 0 Å². The summed E-state index contributed by atoms with van der Waals surface area (Å²) in [4.78, 5) is 28.1. The van der Waals surface area contributed by atoms with Gasteiger partial charge in [-0.3, -0.25) is 9.59 Å². The molecule has 3 rings (SSSR count). The molecule has 0 aliphatic heterocycles. The smallest absolute Gasteiger partial charge is 0.256 e. The molecule has 9 heteroatoms. The molecule has 2 amide bonds. The van der Waals surface area contributed by atoms with E-state index in [1.54, 1.807) is 36.4 Å². The standard InChI is InChI=1S/C17H15N5O2S2/c1-11-9-26-17(18-11)20-14(23)10-25-15-8-7-13(21-22-15)19-16(24)12-5-3-2-4-6-12/h2-9H,10H2,1H3,(H,18,20,23)(H,19,21,24). The molecule has 2 aromatic heterocycles. The van der Waals surface area contributed by atoms with E-state index in [4.69, 9.17) is 0 Å². The SMILES string of the molecule is Cc1csc(NC(=O)CSc2ccc(NC(=O)c3ccccc3)nn2)n1. The lowest BCUT2D eigenvalue weighted by Crippen LogP contribution is -2.14. The minimum Gasteiger partial charge on any atom is -0.305 e. The van der Waals surface area contributed by atoms with Crippen LogP contribution in [0.2, 0.25) is 0 Å². The Morgan fingerprint density at radius 2 is 1.88 bits per heavy atom. The van der Waals surface area contributed by atoms with E-state index < -0.39 is 0 Å². The van der Waals surface area contributed by atoms with Gasteiger partial charge in [0.1, 0.15) is 5.03 Å². The second kappa shape index (κ2) is 8.54. The topological polar surface area (TPSA) is 96.9 Å². The van der Waals surface area contributed by atoms with Crippen LogP contribution in [-0.2, 0) is 4.79 Å². The maximum Gasteiger partial charge on any atom is 0.256 e. The van der Waals surface area contributed by atoms with Gasteiger partial charge in [-0.15, -0.1) is 21.5 Å². The van der Waals surface area contributed by atoms with Crippen molar-refractivity contribution in [1.29, 1.82) is 0 Å². The van der Waals surface area contributed by atoms with Gasteiger partial charge in [0.15, 0.2) is 10.9 Å². The van der Waals surface area contributed by atoms with Crippen LogP contribution >= 0.6 is 23.1 Å². The van der Waals surface area contributed by atoms with Crippen LogP contribution in [0.1, 0.15) is 16.1 Å². The molecule has 0 aliphatic carbocycles. The first-order valence-electron chi connectivity index (χ1n) is 7.65. The Kier molecular flexibility index (Phi) is 5.92. The van der Waals surface area contributed by atoms with Crippen molar-refractivity contribution < 1.29 is 9.59 Å². The highest BCUT2D eigenvalue weighted by molar-refractivity contribution is 7.99. The summed E-state index contributed by atoms with van der Waals surface area (Å²) in [7, 11) is 0. The zero-order valence-corrected chi connectivity index (χ0v) is 15.4. The van der Waals surface area contributed by atoms with E-state index in [-0.39, 0.29) is 17.6 Å². The highest BCUT2D eigenvalue weighted by Gasteiger charge is 2.09. The van der Waals surface area contributed by atoms with Crippen molar-refractivity contribution in [2.75, 3.05) is 16.4 Å². The number of carbonyl (C=O) groups is 2. The van der Waals surface area contributed by atoms with Gasteiger partial charge in [-0.1, -0.05) is 30.0 Å². The van der Waals surface area contributed by atoms with E-state index in [2.05, 4.69) is 25.8 Å². The summed E-state index contributed by atoms with van der Waals surface area (Å²) >= 11 is 2.64. The summed E-state index contributed by atoms with van der Waals surface area (Å²) in [5, 5.41) is 16.4. The maximum absolute atomic E-state index is 12.0. The Morgan fingerprint density at radius 3 is 2.54 bits per heavy atom. The molecule has 7 nitrogen and oxygen atoms in total. The number of aryl methyl sites for hydroxylation is 1. The van der Waals surface area contributed by atoms with E-state index in [9.17, 15) is 9.59 Å². The molecular formula is C17H15N5O2S2. The number of anilines is 2. The fraction of sp³-hybridized carbons (Fsp3) is 0.118. The van der Waals surface area contributed by atoms with Gasteiger partial charge in [0, 0.05) is 10.9 Å². The molecule has 2 N–H and O–H groups in total. The molecule has 0 aliphatic rings. The number of amides is 2. The molecule has 0 saturated carbocycles. The first kappa shape index (κ1) is 18.0. The van der Waals surface area contributed by atoms with Crippen LogP contribution in [0.3, 0.4) is 0 Å². The number of benzene rings is 1. The number of hydrogen-bond acceptors (Lipinski definition) is 7. The van der Waals surface area contributed by atoms with E-state index in [1.165, 1.54) is 23.1 Å². The fourth-order valence-electron chi connectivity index (χ4n) is 1.95. The lowest BCUT2D eigenvalue weighted by atomic mass is 10.2. The average molecular weight is 385 g/mol. The Hall–Kier alpha value is -2.78. The summed E-state index contributed by atoms with van der Waals surface area (Å²) in [5.74, 6) is 0.139. The minimum absolute atomic E-state index is 0.160. The molecule has 132 valence electrons. The zero-order chi connectivity index (χ0) is 18.4. The first-order chi connectivity index (χ1) is 12.6. The number of nitrogens with one attached hydrogen (secondary N) is 2. The largest absolute Gasteiger partial charge is 0.305 e. The van der Waals surface area contributed by atoms with Gasteiger partial charge in [-0.05, 0) is 31.2 Å². The Labute approximate surface area is 158 Å². The van der Waals surface area contributed by atoms with Crippen molar-refractivity contribution in [2.24, 2.45) is 0 Å². The number of aromatic nitrogens is 3. The third kappa shape index (κ3) is 5.11. The third-order valence-electron chi connectivity index (χ3n) is 3.13. The van der Waals surface area contributed by atoms with Crippen molar-refractivity contribution >= 4 is 45.9 Å². The van der Waals surface area contributed by atoms with Crippen molar-refractivity contribution in [3.8, 4) is 0 Å². The Balaban J connectivity index is 1.49. The fourth-order valence-corrected chi connectivity index (χ4v) is 3.27. The predicted octanol–water partition coefficient (Wildman–Crippen LogP) is 3.22. The van der Waals surface area contributed by atoms with Crippen molar-refractivity contribution in [3.05, 3.63) is 59.1 Å². The number of rotatable bonds is 6. The molecule has 0 radical (unpaired) electrons. The van der Waals surface area contributed by atoms with Gasteiger partial charge in [0.2, 0.25) is 5.91 Å². The summed E-state index contributed by atoms with van der Waals surface area (Å²) in [6, 6.07) is 12.2. The van der Waals surface area contributed by atoms with Crippen LogP contribution in [0.25, 0.3) is 0 Å². The van der Waals surface area contributed by atoms with Crippen molar-refractivity contribution in [2.45, 2.75) is 11.9 Å². The molecule has 3 aromatic rings. The molecule has 0 saturated heterocycles. The first-order valence-corrected chi connectivity index (χ1v) is 9.51. The van der Waals surface area contributed by atoms with Gasteiger partial charge in [-0.2, -0.15) is 0 Å². The minimum atomic E-state index is -0.251. The highest BCUT2D eigenvalue weighted by Crippen LogP contribution is 2.18. The summed E-state index contributed by atoms with van der Waals surface area (Å²) in [6.45, 7) is 1.87. The second-order valence-corrected chi connectivity index (χ2v) is 7.06. The zero-order valence-electron chi connectivity index (χ0n) is 13.8. The van der Waals surface area contributed by atoms with Crippen LogP contribution < -0.4 is 10.6 Å². The molecule has 0 unspecified atom stereocenters. The van der Waals surface area contributed by atoms with E-state index >= 15 is 0 Å². The highest BCUT2D eigenvalue weighted by atomic mass is 32.2. The molecule has 1 aromatic carbocycles. The summed E-state index contributed by atoms with van der Waals surface area (Å²) < 4.78 is 0. The lowest BCUT2D eigenvalue weighted by Gasteiger charge is -2.05. The van der Waals surface area contributed by atoms with Gasteiger partial charge < -0.3 is 10.6 Å². The lowest BCUT2D eigenvalue weighted by molar-refractivity contribution is -0.113.